The van der Waals surface area contributed by atoms with E-state index < -0.39 is 0 Å². The predicted molar refractivity (Wildman–Crippen MR) is 60.1 cm³/mol. The highest BCUT2D eigenvalue weighted by Gasteiger charge is 2.18. The summed E-state index contributed by atoms with van der Waals surface area (Å²) in [6.07, 6.45) is 2.26. The standard InChI is InChI=1S/C9H17N3OS/c1-11(6-8(10)14)7-9(13)12-4-2-3-5-12/h2-7H2,1H3,(H2,10,14). The van der Waals surface area contributed by atoms with Crippen molar-refractivity contribution in [3.63, 3.8) is 0 Å². The maximum atomic E-state index is 11.6. The van der Waals surface area contributed by atoms with Crippen LogP contribution in [0.4, 0.5) is 0 Å². The van der Waals surface area contributed by atoms with Crippen LogP contribution in [0.1, 0.15) is 12.8 Å². The number of carbonyl (C=O) groups excluding carboxylic acids is 1. The molecule has 5 heteroatoms. The molecule has 0 bridgehead atoms. The van der Waals surface area contributed by atoms with E-state index in [0.29, 0.717) is 18.1 Å². The fourth-order valence-corrected chi connectivity index (χ4v) is 1.84. The average molecular weight is 215 g/mol. The van der Waals surface area contributed by atoms with Crippen molar-refractivity contribution in [3.8, 4) is 0 Å². The Kier molecular flexibility index (Phi) is 4.28. The van der Waals surface area contributed by atoms with Gasteiger partial charge in [-0.15, -0.1) is 0 Å². The SMILES string of the molecule is CN(CC(=O)N1CCCC1)CC(N)=S. The van der Waals surface area contributed by atoms with E-state index in [-0.39, 0.29) is 5.91 Å². The Hall–Kier alpha value is -0.680. The number of likely N-dealkylation sites (tertiary alicyclic amines) is 1. The Morgan fingerprint density at radius 2 is 2.00 bits per heavy atom. The van der Waals surface area contributed by atoms with E-state index in [1.54, 1.807) is 0 Å². The summed E-state index contributed by atoms with van der Waals surface area (Å²) < 4.78 is 0. The van der Waals surface area contributed by atoms with Gasteiger partial charge in [-0.2, -0.15) is 0 Å². The third-order valence-corrected chi connectivity index (χ3v) is 2.42. The number of hydrogen-bond donors (Lipinski definition) is 1. The van der Waals surface area contributed by atoms with Crippen LogP contribution in [-0.2, 0) is 4.79 Å². The Morgan fingerprint density at radius 3 is 2.50 bits per heavy atom. The molecule has 0 aromatic heterocycles. The van der Waals surface area contributed by atoms with Crippen LogP contribution in [0.25, 0.3) is 0 Å². The molecule has 1 aliphatic heterocycles. The monoisotopic (exact) mass is 215 g/mol. The number of carbonyl (C=O) groups is 1. The molecular weight excluding hydrogens is 198 g/mol. The van der Waals surface area contributed by atoms with Crippen LogP contribution in [0.15, 0.2) is 0 Å². The molecule has 0 unspecified atom stereocenters. The summed E-state index contributed by atoms with van der Waals surface area (Å²) in [7, 11) is 1.85. The summed E-state index contributed by atoms with van der Waals surface area (Å²) in [5.41, 5.74) is 5.39. The van der Waals surface area contributed by atoms with Crippen molar-refractivity contribution in [3.05, 3.63) is 0 Å². The Labute approximate surface area is 90.0 Å². The van der Waals surface area contributed by atoms with E-state index in [1.807, 2.05) is 16.8 Å². The number of nitrogens with zero attached hydrogens (tertiary/aromatic N) is 2. The summed E-state index contributed by atoms with van der Waals surface area (Å²) in [6.45, 7) is 2.73. The zero-order valence-corrected chi connectivity index (χ0v) is 9.35. The minimum Gasteiger partial charge on any atom is -0.392 e. The number of amides is 1. The van der Waals surface area contributed by atoms with Gasteiger partial charge in [-0.3, -0.25) is 9.69 Å². The lowest BCUT2D eigenvalue weighted by molar-refractivity contribution is -0.130. The minimum absolute atomic E-state index is 0.182. The molecule has 1 rings (SSSR count). The number of nitrogens with two attached hydrogens (primary N) is 1. The van der Waals surface area contributed by atoms with Crippen LogP contribution in [-0.4, -0.2) is 53.9 Å². The van der Waals surface area contributed by atoms with Gasteiger partial charge in [0, 0.05) is 19.6 Å². The van der Waals surface area contributed by atoms with Crippen molar-refractivity contribution in [2.75, 3.05) is 33.2 Å². The highest BCUT2D eigenvalue weighted by molar-refractivity contribution is 7.80. The summed E-state index contributed by atoms with van der Waals surface area (Å²) in [4.78, 5) is 15.8. The number of likely N-dealkylation sites (N-methyl/N-ethyl adjacent to an activating group) is 1. The lowest BCUT2D eigenvalue weighted by Crippen LogP contribution is -2.40. The third kappa shape index (κ3) is 3.59. The van der Waals surface area contributed by atoms with E-state index in [9.17, 15) is 4.79 Å². The first-order valence-electron chi connectivity index (χ1n) is 4.84. The highest BCUT2D eigenvalue weighted by Crippen LogP contribution is 2.07. The van der Waals surface area contributed by atoms with Crippen molar-refractivity contribution in [2.24, 2.45) is 5.73 Å². The molecule has 1 fully saturated rings. The van der Waals surface area contributed by atoms with Crippen LogP contribution < -0.4 is 5.73 Å². The molecule has 14 heavy (non-hydrogen) atoms. The quantitative estimate of drug-likeness (QED) is 0.661. The number of thiocarbonyl (C=S) groups is 1. The Morgan fingerprint density at radius 1 is 1.43 bits per heavy atom. The van der Waals surface area contributed by atoms with Crippen LogP contribution in [0.3, 0.4) is 0 Å². The Balaban J connectivity index is 2.28. The van der Waals surface area contributed by atoms with Gasteiger partial charge < -0.3 is 10.6 Å². The largest absolute Gasteiger partial charge is 0.392 e. The van der Waals surface area contributed by atoms with Gasteiger partial charge in [-0.25, -0.2) is 0 Å². The molecule has 1 saturated heterocycles. The first-order valence-corrected chi connectivity index (χ1v) is 5.25. The summed E-state index contributed by atoms with van der Waals surface area (Å²) in [5.74, 6) is 0.182. The van der Waals surface area contributed by atoms with Crippen molar-refractivity contribution < 1.29 is 4.79 Å². The van der Waals surface area contributed by atoms with E-state index in [1.165, 1.54) is 0 Å². The van der Waals surface area contributed by atoms with Crippen molar-refractivity contribution in [2.45, 2.75) is 12.8 Å². The molecule has 0 spiro atoms. The maximum absolute atomic E-state index is 11.6. The molecule has 0 saturated carbocycles. The zero-order valence-electron chi connectivity index (χ0n) is 8.53. The molecule has 1 heterocycles. The fraction of sp³-hybridized carbons (Fsp3) is 0.778. The summed E-state index contributed by atoms with van der Waals surface area (Å²) >= 11 is 4.77. The number of rotatable bonds is 4. The molecule has 0 aromatic carbocycles. The van der Waals surface area contributed by atoms with E-state index in [2.05, 4.69) is 0 Å². The van der Waals surface area contributed by atoms with Gasteiger partial charge in [0.25, 0.3) is 0 Å². The number of hydrogen-bond acceptors (Lipinski definition) is 3. The van der Waals surface area contributed by atoms with Crippen molar-refractivity contribution >= 4 is 23.1 Å². The molecule has 0 aliphatic carbocycles. The van der Waals surface area contributed by atoms with E-state index in [0.717, 1.165) is 25.9 Å². The van der Waals surface area contributed by atoms with Crippen molar-refractivity contribution in [1.82, 2.24) is 9.80 Å². The Bertz CT molecular complexity index is 226. The first-order chi connectivity index (χ1) is 6.59. The topological polar surface area (TPSA) is 49.6 Å². The van der Waals surface area contributed by atoms with E-state index in [4.69, 9.17) is 18.0 Å². The molecule has 2 N–H and O–H groups in total. The first kappa shape index (κ1) is 11.4. The molecule has 80 valence electrons. The van der Waals surface area contributed by atoms with Gasteiger partial charge in [0.15, 0.2) is 0 Å². The molecule has 0 radical (unpaired) electrons. The third-order valence-electron chi connectivity index (χ3n) is 2.29. The minimum atomic E-state index is 0.182. The van der Waals surface area contributed by atoms with Gasteiger partial charge in [-0.1, -0.05) is 12.2 Å². The lowest BCUT2D eigenvalue weighted by Gasteiger charge is -2.20. The van der Waals surface area contributed by atoms with Gasteiger partial charge in [0.1, 0.15) is 0 Å². The molecular formula is C9H17N3OS. The highest BCUT2D eigenvalue weighted by atomic mass is 32.1. The second-order valence-corrected chi connectivity index (χ2v) is 4.25. The second-order valence-electron chi connectivity index (χ2n) is 3.73. The zero-order chi connectivity index (χ0) is 10.6. The van der Waals surface area contributed by atoms with Crippen molar-refractivity contribution in [1.29, 1.82) is 0 Å². The maximum Gasteiger partial charge on any atom is 0.236 e. The smallest absolute Gasteiger partial charge is 0.236 e. The molecule has 1 amide bonds. The molecule has 4 nitrogen and oxygen atoms in total. The van der Waals surface area contributed by atoms with Crippen LogP contribution in [0.2, 0.25) is 0 Å². The summed E-state index contributed by atoms with van der Waals surface area (Å²) in [6, 6.07) is 0. The normalized spacial score (nSPS) is 16.3. The van der Waals surface area contributed by atoms with Crippen LogP contribution in [0.5, 0.6) is 0 Å². The van der Waals surface area contributed by atoms with Gasteiger partial charge >= 0.3 is 0 Å². The van der Waals surface area contributed by atoms with Crippen LogP contribution in [0, 0.1) is 0 Å². The van der Waals surface area contributed by atoms with E-state index >= 15 is 0 Å². The molecule has 0 atom stereocenters. The second kappa shape index (κ2) is 5.26. The average Bonchev–Trinajstić information content (AvgIpc) is 2.53. The predicted octanol–water partition coefficient (Wildman–Crippen LogP) is -0.173. The van der Waals surface area contributed by atoms with Gasteiger partial charge in [-0.05, 0) is 19.9 Å². The van der Waals surface area contributed by atoms with Gasteiger partial charge in [0.05, 0.1) is 11.5 Å². The van der Waals surface area contributed by atoms with Crippen LogP contribution >= 0.6 is 12.2 Å². The van der Waals surface area contributed by atoms with Gasteiger partial charge in [0.2, 0.25) is 5.91 Å². The molecule has 1 aliphatic rings. The fourth-order valence-electron chi connectivity index (χ4n) is 1.62. The lowest BCUT2D eigenvalue weighted by atomic mass is 10.4. The summed E-state index contributed by atoms with van der Waals surface area (Å²) in [5, 5.41) is 0. The molecule has 0 aromatic rings.